The Kier molecular flexibility index (Phi) is 14.6. The van der Waals surface area contributed by atoms with E-state index in [1.54, 1.807) is 6.92 Å². The topological polar surface area (TPSA) is 236 Å². The number of nitrogens with zero attached hydrogens (tertiary/aromatic N) is 8. The Morgan fingerprint density at radius 3 is 1.25 bits per heavy atom. The number of aromatic nitrogens is 8. The molecule has 0 unspecified atom stereocenters. The summed E-state index contributed by atoms with van der Waals surface area (Å²) in [6.07, 6.45) is 3.01. The van der Waals surface area contributed by atoms with Crippen LogP contribution in [0.3, 0.4) is 0 Å². The van der Waals surface area contributed by atoms with E-state index in [1.807, 2.05) is 158 Å². The molecule has 15 nitrogen and oxygen atoms in total. The van der Waals surface area contributed by atoms with Gasteiger partial charge in [0, 0.05) is 38.4 Å². The minimum atomic E-state index is 0.186. The van der Waals surface area contributed by atoms with Crippen LogP contribution in [0.25, 0.3) is 66.1 Å². The summed E-state index contributed by atoms with van der Waals surface area (Å²) >= 11 is 19.2. The van der Waals surface area contributed by atoms with Gasteiger partial charge in [0.05, 0.1) is 57.0 Å². The predicted octanol–water partition coefficient (Wildman–Crippen LogP) is 12.5. The molecule has 9 N–H and O–H groups in total. The van der Waals surface area contributed by atoms with E-state index in [2.05, 4.69) is 55.5 Å². The van der Waals surface area contributed by atoms with Gasteiger partial charge in [-0.1, -0.05) is 156 Å². The normalized spacial score (nSPS) is 11.8. The van der Waals surface area contributed by atoms with E-state index in [9.17, 15) is 0 Å². The van der Waals surface area contributed by atoms with Crippen molar-refractivity contribution in [2.45, 2.75) is 6.92 Å². The van der Waals surface area contributed by atoms with Crippen LogP contribution in [0.4, 0.5) is 17.5 Å². The molecule has 72 heavy (non-hydrogen) atoms. The van der Waals surface area contributed by atoms with Crippen LogP contribution in [-0.4, -0.2) is 65.2 Å². The second-order valence-corrected chi connectivity index (χ2v) is 17.2. The Morgan fingerprint density at radius 2 is 0.861 bits per heavy atom. The summed E-state index contributed by atoms with van der Waals surface area (Å²) < 4.78 is 5.07. The summed E-state index contributed by atoms with van der Waals surface area (Å²) in [5.74, 6) is 3.00. The molecule has 0 atom stereocenters. The molecule has 7 aromatic carbocycles. The van der Waals surface area contributed by atoms with Crippen LogP contribution in [0.15, 0.2) is 185 Å². The van der Waals surface area contributed by atoms with Crippen molar-refractivity contribution in [3.05, 3.63) is 196 Å². The van der Waals surface area contributed by atoms with Crippen LogP contribution in [0.5, 0.6) is 5.88 Å². The molecule has 0 aliphatic heterocycles. The monoisotopic (exact) mass is 1010 g/mol. The van der Waals surface area contributed by atoms with Crippen molar-refractivity contribution < 1.29 is 4.74 Å². The lowest BCUT2D eigenvalue weighted by Gasteiger charge is -2.05. The maximum Gasteiger partial charge on any atom is 0.232 e. The van der Waals surface area contributed by atoms with Crippen LogP contribution in [0.1, 0.15) is 18.2 Å². The zero-order valence-electron chi connectivity index (χ0n) is 38.5. The van der Waals surface area contributed by atoms with E-state index in [0.717, 1.165) is 71.7 Å². The second-order valence-electron chi connectivity index (χ2n) is 15.9. The average molecular weight is 1010 g/mol. The van der Waals surface area contributed by atoms with Crippen LogP contribution < -0.4 is 21.9 Å². The number of nitrogens with one attached hydrogen (secondary N) is 3. The standard InChI is InChI=1S/C20H15ClN4.C19H15ClN6O.C15H13ClN4/c21-17-12-18-16(11-15(17)13-7-3-1-4-8-13)20(25-24-18)23-19(22)14-9-5-2-6-10-14;1-27-17-10-22-9-16(23-17)18(21)24-19-13-7-12(11-5-3-2-4-6-11)14(20)8-15(13)25-26-19;1-9(17)18-15-12-7-11(10-5-3-2-4-6-10)13(16)8-14(12)19-20-15/h1-12H,(H3,22,23,24,25);2-10H,1H3,(H3,21,24,25,26);2-8H,1H3,(H3,17,18,19,20). The van der Waals surface area contributed by atoms with E-state index in [-0.39, 0.29) is 5.84 Å². The van der Waals surface area contributed by atoms with Crippen LogP contribution in [-0.2, 0) is 0 Å². The van der Waals surface area contributed by atoms with Crippen molar-refractivity contribution in [1.29, 1.82) is 0 Å². The van der Waals surface area contributed by atoms with E-state index in [1.165, 1.54) is 19.5 Å². The fourth-order valence-electron chi connectivity index (χ4n) is 7.54. The number of amidine groups is 3. The molecular weight excluding hydrogens is 967 g/mol. The van der Waals surface area contributed by atoms with Crippen LogP contribution in [0.2, 0.25) is 15.1 Å². The third kappa shape index (κ3) is 10.9. The summed E-state index contributed by atoms with van der Waals surface area (Å²) in [7, 11) is 1.51. The molecule has 356 valence electrons. The van der Waals surface area contributed by atoms with Gasteiger partial charge >= 0.3 is 0 Å². The van der Waals surface area contributed by atoms with Crippen molar-refractivity contribution in [1.82, 2.24) is 40.6 Å². The van der Waals surface area contributed by atoms with Crippen LogP contribution in [0, 0.1) is 0 Å². The van der Waals surface area contributed by atoms with Gasteiger partial charge in [-0.05, 0) is 60.0 Å². The molecule has 11 rings (SSSR count). The minimum absolute atomic E-state index is 0.186. The van der Waals surface area contributed by atoms with Crippen molar-refractivity contribution in [2.75, 3.05) is 7.11 Å². The summed E-state index contributed by atoms with van der Waals surface area (Å²) in [6.45, 7) is 1.73. The molecule has 0 bridgehead atoms. The Balaban J connectivity index is 0.000000135. The van der Waals surface area contributed by atoms with Gasteiger partial charge in [0.25, 0.3) is 0 Å². The smallest absolute Gasteiger partial charge is 0.232 e. The number of fused-ring (bicyclic) bond motifs is 3. The molecule has 0 saturated heterocycles. The Labute approximate surface area is 427 Å². The highest BCUT2D eigenvalue weighted by Crippen LogP contribution is 2.37. The number of aliphatic imine (C=N–C) groups is 3. The van der Waals surface area contributed by atoms with Gasteiger partial charge in [0.15, 0.2) is 23.3 Å². The average Bonchev–Trinajstić information content (AvgIpc) is 4.12. The van der Waals surface area contributed by atoms with Crippen molar-refractivity contribution in [3.8, 4) is 39.3 Å². The number of H-pyrrole nitrogens is 3. The molecule has 0 aliphatic carbocycles. The van der Waals surface area contributed by atoms with Gasteiger partial charge in [0.2, 0.25) is 5.88 Å². The Bertz CT molecular complexity index is 3760. The fraction of sp³-hybridized carbons (Fsp3) is 0.0370. The molecule has 4 heterocycles. The Hall–Kier alpha value is -8.89. The largest absolute Gasteiger partial charge is 0.480 e. The quantitative estimate of drug-likeness (QED) is 0.0595. The molecule has 0 saturated carbocycles. The third-order valence-electron chi connectivity index (χ3n) is 11.0. The number of hydrogen-bond acceptors (Lipinski definition) is 9. The van der Waals surface area contributed by atoms with Gasteiger partial charge in [-0.3, -0.25) is 20.3 Å². The van der Waals surface area contributed by atoms with E-state index in [4.69, 9.17) is 56.7 Å². The highest BCUT2D eigenvalue weighted by Gasteiger charge is 2.15. The van der Waals surface area contributed by atoms with Gasteiger partial charge in [-0.25, -0.2) is 20.0 Å². The lowest BCUT2D eigenvalue weighted by atomic mass is 10.0. The summed E-state index contributed by atoms with van der Waals surface area (Å²) in [5, 5.41) is 26.0. The van der Waals surface area contributed by atoms with E-state index in [0.29, 0.717) is 55.8 Å². The Morgan fingerprint density at radius 1 is 0.486 bits per heavy atom. The number of hydrogen-bond donors (Lipinski definition) is 6. The first-order chi connectivity index (χ1) is 35.0. The molecule has 11 aromatic rings. The SMILES string of the molecule is CC(N)=Nc1n[nH]c2cc(Cl)c(-c3ccccc3)cc12.COc1cncc(C(N)=Nc2n[nH]c3cc(Cl)c(-c4ccccc4)cc23)n1.NC(=Nc1n[nH]c2cc(Cl)c(-c3ccccc3)cc12)c1ccccc1. The maximum absolute atomic E-state index is 6.44. The second kappa shape index (κ2) is 21.8. The van der Waals surface area contributed by atoms with Gasteiger partial charge in [-0.15, -0.1) is 0 Å². The maximum atomic E-state index is 6.44. The molecule has 4 aromatic heterocycles. The molecule has 0 fully saturated rings. The van der Waals surface area contributed by atoms with Crippen molar-refractivity contribution in [3.63, 3.8) is 0 Å². The highest BCUT2D eigenvalue weighted by molar-refractivity contribution is 6.35. The predicted molar refractivity (Wildman–Crippen MR) is 292 cm³/mol. The number of nitrogens with two attached hydrogens (primary N) is 3. The van der Waals surface area contributed by atoms with Gasteiger partial charge in [-0.2, -0.15) is 15.3 Å². The first kappa shape index (κ1) is 48.1. The van der Waals surface area contributed by atoms with E-state index < -0.39 is 0 Å². The van der Waals surface area contributed by atoms with E-state index >= 15 is 0 Å². The van der Waals surface area contributed by atoms with Crippen LogP contribution >= 0.6 is 34.8 Å². The number of benzene rings is 7. The number of halogens is 3. The molecule has 18 heteroatoms. The third-order valence-corrected chi connectivity index (χ3v) is 12.0. The number of methoxy groups -OCH3 is 1. The zero-order valence-corrected chi connectivity index (χ0v) is 40.8. The molecule has 0 aliphatic rings. The first-order valence-electron chi connectivity index (χ1n) is 22.1. The number of ether oxygens (including phenoxy) is 1. The number of rotatable bonds is 9. The summed E-state index contributed by atoms with van der Waals surface area (Å²) in [4.78, 5) is 21.4. The number of aromatic amines is 3. The summed E-state index contributed by atoms with van der Waals surface area (Å²) in [6, 6.07) is 50.9. The fourth-order valence-corrected chi connectivity index (χ4v) is 8.36. The lowest BCUT2D eigenvalue weighted by molar-refractivity contribution is 0.395. The van der Waals surface area contributed by atoms with Gasteiger partial charge in [0.1, 0.15) is 11.5 Å². The van der Waals surface area contributed by atoms with Gasteiger partial charge < -0.3 is 21.9 Å². The van der Waals surface area contributed by atoms with Crippen molar-refractivity contribution >= 4 is 102 Å². The molecular formula is C54H43Cl3N14O. The molecule has 0 radical (unpaired) electrons. The minimum Gasteiger partial charge on any atom is -0.480 e. The zero-order chi connectivity index (χ0) is 50.1. The first-order valence-corrected chi connectivity index (χ1v) is 23.3. The molecule has 0 amide bonds. The highest BCUT2D eigenvalue weighted by atomic mass is 35.5. The van der Waals surface area contributed by atoms with Crippen molar-refractivity contribution in [2.24, 2.45) is 32.2 Å². The summed E-state index contributed by atoms with van der Waals surface area (Å²) in [5.41, 5.74) is 27.4. The lowest BCUT2D eigenvalue weighted by Crippen LogP contribution is -2.15. The molecule has 0 spiro atoms.